The molecule has 0 aliphatic carbocycles. The van der Waals surface area contributed by atoms with Gasteiger partial charge in [0.25, 0.3) is 5.91 Å². The summed E-state index contributed by atoms with van der Waals surface area (Å²) in [7, 11) is 3.52. The monoisotopic (exact) mass is 479 g/mol. The van der Waals surface area contributed by atoms with E-state index in [0.717, 1.165) is 45.7 Å². The van der Waals surface area contributed by atoms with Gasteiger partial charge in [0.15, 0.2) is 0 Å². The van der Waals surface area contributed by atoms with E-state index in [1.165, 1.54) is 16.8 Å². The number of anilines is 2. The maximum atomic E-state index is 12.3. The van der Waals surface area contributed by atoms with Crippen LogP contribution in [-0.2, 0) is 0 Å². The quantitative estimate of drug-likeness (QED) is 0.482. The van der Waals surface area contributed by atoms with E-state index >= 15 is 0 Å². The second kappa shape index (κ2) is 12.4. The molecular formula is C27H34ClN5O. The van der Waals surface area contributed by atoms with Gasteiger partial charge in [-0.1, -0.05) is 48.5 Å². The van der Waals surface area contributed by atoms with Crippen molar-refractivity contribution in [3.63, 3.8) is 0 Å². The van der Waals surface area contributed by atoms with Crippen molar-refractivity contribution in [3.8, 4) is 11.1 Å². The lowest BCUT2D eigenvalue weighted by Gasteiger charge is -2.37. The van der Waals surface area contributed by atoms with Gasteiger partial charge in [-0.2, -0.15) is 0 Å². The summed E-state index contributed by atoms with van der Waals surface area (Å²) in [6, 6.07) is 23.0. The van der Waals surface area contributed by atoms with Crippen LogP contribution in [-0.4, -0.2) is 74.1 Å². The number of amides is 1. The van der Waals surface area contributed by atoms with E-state index in [-0.39, 0.29) is 18.3 Å². The molecule has 0 unspecified atom stereocenters. The van der Waals surface area contributed by atoms with Crippen LogP contribution in [0.15, 0.2) is 72.9 Å². The fourth-order valence-corrected chi connectivity index (χ4v) is 4.29. The van der Waals surface area contributed by atoms with Crippen LogP contribution in [0.25, 0.3) is 11.1 Å². The smallest absolute Gasteiger partial charge is 0.257 e. The van der Waals surface area contributed by atoms with Crippen molar-refractivity contribution in [1.29, 1.82) is 0 Å². The zero-order valence-corrected chi connectivity index (χ0v) is 20.8. The third-order valence-electron chi connectivity index (χ3n) is 6.09. The maximum Gasteiger partial charge on any atom is 0.257 e. The first kappa shape index (κ1) is 25.5. The van der Waals surface area contributed by atoms with E-state index in [2.05, 4.69) is 74.7 Å². The first-order valence-corrected chi connectivity index (χ1v) is 11.7. The van der Waals surface area contributed by atoms with E-state index in [0.29, 0.717) is 11.4 Å². The van der Waals surface area contributed by atoms with Crippen molar-refractivity contribution in [2.75, 3.05) is 63.6 Å². The van der Waals surface area contributed by atoms with E-state index in [1.54, 1.807) is 31.3 Å². The minimum absolute atomic E-state index is 0. The van der Waals surface area contributed by atoms with Crippen LogP contribution in [0.5, 0.6) is 0 Å². The number of halogens is 1. The van der Waals surface area contributed by atoms with E-state index in [1.807, 2.05) is 6.07 Å². The molecule has 4 rings (SSSR count). The summed E-state index contributed by atoms with van der Waals surface area (Å²) >= 11 is 0. The van der Waals surface area contributed by atoms with Gasteiger partial charge in [0, 0.05) is 64.3 Å². The molecule has 1 aliphatic heterocycles. The molecule has 7 heteroatoms. The third kappa shape index (κ3) is 6.27. The highest BCUT2D eigenvalue weighted by molar-refractivity contribution is 5.98. The first-order chi connectivity index (χ1) is 16.1. The molecule has 3 aromatic rings. The van der Waals surface area contributed by atoms with Gasteiger partial charge in [0.05, 0.1) is 5.56 Å². The topological polar surface area (TPSA) is 51.7 Å². The average Bonchev–Trinajstić information content (AvgIpc) is 2.87. The van der Waals surface area contributed by atoms with Crippen LogP contribution in [0, 0.1) is 0 Å². The Morgan fingerprint density at radius 2 is 1.65 bits per heavy atom. The molecule has 0 saturated carbocycles. The van der Waals surface area contributed by atoms with Crippen LogP contribution >= 0.6 is 12.4 Å². The predicted octanol–water partition coefficient (Wildman–Crippen LogP) is 4.50. The highest BCUT2D eigenvalue weighted by Gasteiger charge is 2.19. The lowest BCUT2D eigenvalue weighted by Crippen LogP contribution is -2.47. The molecule has 2 heterocycles. The summed E-state index contributed by atoms with van der Waals surface area (Å²) in [5.74, 6) is 0.635. The minimum atomic E-state index is -0.0301. The summed E-state index contributed by atoms with van der Waals surface area (Å²) < 4.78 is 0. The number of para-hydroxylation sites is 1. The Bertz CT molecular complexity index is 1050. The Labute approximate surface area is 209 Å². The van der Waals surface area contributed by atoms with Gasteiger partial charge < -0.3 is 15.1 Å². The number of rotatable bonds is 8. The molecule has 0 bridgehead atoms. The summed E-state index contributed by atoms with van der Waals surface area (Å²) in [5.41, 5.74) is 4.50. The standard InChI is InChI=1S/C27H33N5O.ClH/c1-30(2)27(33)24-13-8-15-28-26(24)29-16-9-17-31-18-20-32(21-19-31)25-14-7-6-12-23(25)22-10-4-3-5-11-22;/h3-8,10-15H,9,16-21H2,1-2H3,(H,28,29);1H. The number of hydrogen-bond acceptors (Lipinski definition) is 5. The molecule has 180 valence electrons. The third-order valence-corrected chi connectivity index (χ3v) is 6.09. The second-order valence-corrected chi connectivity index (χ2v) is 8.59. The number of pyridine rings is 1. The highest BCUT2D eigenvalue weighted by Crippen LogP contribution is 2.31. The molecule has 1 aliphatic rings. The van der Waals surface area contributed by atoms with Crippen LogP contribution in [0.3, 0.4) is 0 Å². The van der Waals surface area contributed by atoms with Gasteiger partial charge in [-0.25, -0.2) is 4.98 Å². The van der Waals surface area contributed by atoms with Crippen molar-refractivity contribution in [2.45, 2.75) is 6.42 Å². The van der Waals surface area contributed by atoms with E-state index in [9.17, 15) is 4.79 Å². The molecule has 34 heavy (non-hydrogen) atoms. The summed E-state index contributed by atoms with van der Waals surface area (Å²) in [4.78, 5) is 23.3. The first-order valence-electron chi connectivity index (χ1n) is 11.7. The number of aromatic nitrogens is 1. The Morgan fingerprint density at radius 1 is 0.941 bits per heavy atom. The van der Waals surface area contributed by atoms with Crippen molar-refractivity contribution in [3.05, 3.63) is 78.5 Å². The molecule has 1 amide bonds. The fraction of sp³-hybridized carbons (Fsp3) is 0.333. The normalized spacial score (nSPS) is 13.8. The lowest BCUT2D eigenvalue weighted by molar-refractivity contribution is 0.0828. The van der Waals surface area contributed by atoms with Gasteiger partial charge in [0.1, 0.15) is 5.82 Å². The van der Waals surface area contributed by atoms with Gasteiger partial charge in [-0.15, -0.1) is 12.4 Å². The van der Waals surface area contributed by atoms with Crippen LogP contribution in [0.2, 0.25) is 0 Å². The highest BCUT2D eigenvalue weighted by atomic mass is 35.5. The zero-order valence-electron chi connectivity index (χ0n) is 20.0. The molecule has 1 fully saturated rings. The van der Waals surface area contributed by atoms with Crippen LogP contribution in [0.4, 0.5) is 11.5 Å². The Hall–Kier alpha value is -3.09. The molecule has 0 atom stereocenters. The van der Waals surface area contributed by atoms with Crippen molar-refractivity contribution >= 4 is 29.8 Å². The lowest BCUT2D eigenvalue weighted by atomic mass is 10.0. The largest absolute Gasteiger partial charge is 0.369 e. The number of piperazine rings is 1. The number of carbonyl (C=O) groups is 1. The van der Waals surface area contributed by atoms with Gasteiger partial charge >= 0.3 is 0 Å². The molecule has 1 saturated heterocycles. The molecular weight excluding hydrogens is 446 g/mol. The summed E-state index contributed by atoms with van der Waals surface area (Å²) in [5, 5.41) is 3.35. The van der Waals surface area contributed by atoms with E-state index in [4.69, 9.17) is 0 Å². The molecule has 2 aromatic carbocycles. The molecule has 0 radical (unpaired) electrons. The van der Waals surface area contributed by atoms with Gasteiger partial charge in [-0.3, -0.25) is 9.69 Å². The van der Waals surface area contributed by atoms with Gasteiger partial charge in [-0.05, 0) is 36.7 Å². The molecule has 6 nitrogen and oxygen atoms in total. The second-order valence-electron chi connectivity index (χ2n) is 8.59. The van der Waals surface area contributed by atoms with Crippen LogP contribution < -0.4 is 10.2 Å². The van der Waals surface area contributed by atoms with Gasteiger partial charge in [0.2, 0.25) is 0 Å². The number of nitrogens with one attached hydrogen (secondary N) is 1. The fourth-order valence-electron chi connectivity index (χ4n) is 4.29. The van der Waals surface area contributed by atoms with E-state index < -0.39 is 0 Å². The summed E-state index contributed by atoms with van der Waals surface area (Å²) in [6.45, 7) is 5.99. The zero-order chi connectivity index (χ0) is 23.0. The Morgan fingerprint density at radius 3 is 2.38 bits per heavy atom. The molecule has 0 spiro atoms. The maximum absolute atomic E-state index is 12.3. The van der Waals surface area contributed by atoms with Crippen LogP contribution in [0.1, 0.15) is 16.8 Å². The van der Waals surface area contributed by atoms with Crippen molar-refractivity contribution < 1.29 is 4.79 Å². The summed E-state index contributed by atoms with van der Waals surface area (Å²) in [6.07, 6.45) is 2.73. The SMILES string of the molecule is CN(C)C(=O)c1cccnc1NCCCN1CCN(c2ccccc2-c2ccccc2)CC1.Cl. The Balaban J connectivity index is 0.00000324. The molecule has 1 N–H and O–H groups in total. The van der Waals surface area contributed by atoms with Crippen molar-refractivity contribution in [2.24, 2.45) is 0 Å². The number of nitrogens with zero attached hydrogens (tertiary/aromatic N) is 4. The number of benzene rings is 2. The number of carbonyl (C=O) groups excluding carboxylic acids is 1. The Kier molecular flexibility index (Phi) is 9.31. The predicted molar refractivity (Wildman–Crippen MR) is 143 cm³/mol. The molecule has 1 aromatic heterocycles. The minimum Gasteiger partial charge on any atom is -0.369 e. The van der Waals surface area contributed by atoms with Crippen molar-refractivity contribution in [1.82, 2.24) is 14.8 Å². The average molecular weight is 480 g/mol. The number of hydrogen-bond donors (Lipinski definition) is 1.